The maximum atomic E-state index is 11.8. The van der Waals surface area contributed by atoms with Gasteiger partial charge in [-0.15, -0.1) is 0 Å². The molecule has 2 rings (SSSR count). The Balaban J connectivity index is 2.25. The highest BCUT2D eigenvalue weighted by molar-refractivity contribution is 7.11. The van der Waals surface area contributed by atoms with Crippen molar-refractivity contribution in [3.8, 4) is 0 Å². The molecule has 1 aliphatic carbocycles. The molecule has 3 N–H and O–H groups in total. The molecule has 0 unspecified atom stereocenters. The minimum absolute atomic E-state index is 0.152. The largest absolute Gasteiger partial charge is 0.382 e. The van der Waals surface area contributed by atoms with Gasteiger partial charge in [0.15, 0.2) is 5.82 Å². The molecular formula is C11H18N4OS. The van der Waals surface area contributed by atoms with Gasteiger partial charge in [-0.3, -0.25) is 4.79 Å². The van der Waals surface area contributed by atoms with Gasteiger partial charge in [0.2, 0.25) is 0 Å². The van der Waals surface area contributed by atoms with Crippen molar-refractivity contribution in [2.45, 2.75) is 19.8 Å². The zero-order valence-electron chi connectivity index (χ0n) is 10.2. The fourth-order valence-corrected chi connectivity index (χ4v) is 2.70. The van der Waals surface area contributed by atoms with Gasteiger partial charge in [0.1, 0.15) is 10.6 Å². The van der Waals surface area contributed by atoms with Gasteiger partial charge in [-0.2, -0.15) is 4.37 Å². The summed E-state index contributed by atoms with van der Waals surface area (Å²) in [7, 11) is 1.61. The second-order valence-electron chi connectivity index (χ2n) is 4.31. The lowest BCUT2D eigenvalue weighted by atomic mass is 10.2. The van der Waals surface area contributed by atoms with E-state index in [1.54, 1.807) is 7.05 Å². The molecule has 1 amide bonds. The summed E-state index contributed by atoms with van der Waals surface area (Å²) in [6.07, 6.45) is 2.58. The van der Waals surface area contributed by atoms with Crippen LogP contribution < -0.4 is 16.0 Å². The Labute approximate surface area is 105 Å². The molecule has 17 heavy (non-hydrogen) atoms. The Hall–Kier alpha value is -1.30. The Bertz CT molecular complexity index is 414. The topological polar surface area (TPSA) is 71.2 Å². The smallest absolute Gasteiger partial charge is 0.257 e. The quantitative estimate of drug-likeness (QED) is 0.831. The van der Waals surface area contributed by atoms with Crippen molar-refractivity contribution < 1.29 is 4.79 Å². The molecule has 0 spiro atoms. The summed E-state index contributed by atoms with van der Waals surface area (Å²) < 4.78 is 4.10. The molecule has 1 heterocycles. The number of hydrogen-bond acceptors (Lipinski definition) is 5. The van der Waals surface area contributed by atoms with Crippen LogP contribution in [0.15, 0.2) is 0 Å². The lowest BCUT2D eigenvalue weighted by molar-refractivity contribution is 0.0964. The van der Waals surface area contributed by atoms with E-state index in [0.29, 0.717) is 11.4 Å². The second kappa shape index (κ2) is 4.91. The molecule has 0 aliphatic heterocycles. The lowest BCUT2D eigenvalue weighted by Crippen LogP contribution is -2.28. The van der Waals surface area contributed by atoms with Crippen LogP contribution in [-0.2, 0) is 0 Å². The van der Waals surface area contributed by atoms with E-state index in [-0.39, 0.29) is 5.91 Å². The van der Waals surface area contributed by atoms with Crippen molar-refractivity contribution in [1.82, 2.24) is 9.69 Å². The summed E-state index contributed by atoms with van der Waals surface area (Å²) in [6.45, 7) is 3.97. The number of carbonyl (C=O) groups is 1. The number of amides is 1. The van der Waals surface area contributed by atoms with Crippen LogP contribution in [0.25, 0.3) is 0 Å². The minimum Gasteiger partial charge on any atom is -0.382 e. The van der Waals surface area contributed by atoms with Crippen LogP contribution in [0.2, 0.25) is 0 Å². The highest BCUT2D eigenvalue weighted by Gasteiger charge is 2.28. The zero-order valence-corrected chi connectivity index (χ0v) is 11.0. The maximum Gasteiger partial charge on any atom is 0.257 e. The third-order valence-electron chi connectivity index (χ3n) is 3.00. The van der Waals surface area contributed by atoms with Gasteiger partial charge < -0.3 is 16.0 Å². The van der Waals surface area contributed by atoms with Crippen LogP contribution in [0.5, 0.6) is 0 Å². The van der Waals surface area contributed by atoms with Gasteiger partial charge in [-0.05, 0) is 37.2 Å². The van der Waals surface area contributed by atoms with E-state index in [1.807, 2.05) is 0 Å². The van der Waals surface area contributed by atoms with Gasteiger partial charge in [-0.1, -0.05) is 0 Å². The van der Waals surface area contributed by atoms with Crippen molar-refractivity contribution in [2.75, 3.05) is 30.8 Å². The second-order valence-corrected chi connectivity index (χ2v) is 5.06. The van der Waals surface area contributed by atoms with Crippen LogP contribution in [0, 0.1) is 5.92 Å². The average Bonchev–Trinajstić information content (AvgIpc) is 3.07. The molecule has 1 fully saturated rings. The van der Waals surface area contributed by atoms with Gasteiger partial charge in [-0.25, -0.2) is 0 Å². The van der Waals surface area contributed by atoms with E-state index < -0.39 is 0 Å². The number of hydrogen-bond donors (Lipinski definition) is 2. The van der Waals surface area contributed by atoms with Crippen LogP contribution in [0.1, 0.15) is 30.1 Å². The summed E-state index contributed by atoms with van der Waals surface area (Å²) in [5, 5.41) is 3.52. The summed E-state index contributed by atoms with van der Waals surface area (Å²) in [5.41, 5.74) is 6.30. The molecule has 94 valence electrons. The molecule has 1 aliphatic rings. The van der Waals surface area contributed by atoms with E-state index in [2.05, 4.69) is 21.5 Å². The summed E-state index contributed by atoms with van der Waals surface area (Å²) >= 11 is 1.31. The fourth-order valence-electron chi connectivity index (χ4n) is 1.82. The molecule has 5 nitrogen and oxygen atoms in total. The Kier molecular flexibility index (Phi) is 3.51. The number of rotatable bonds is 5. The Morgan fingerprint density at radius 2 is 2.35 bits per heavy atom. The number of nitrogen functional groups attached to an aromatic ring is 1. The summed E-state index contributed by atoms with van der Waals surface area (Å²) in [6, 6.07) is 0. The van der Waals surface area contributed by atoms with Crippen molar-refractivity contribution in [2.24, 2.45) is 5.92 Å². The van der Waals surface area contributed by atoms with Crippen LogP contribution in [-0.4, -0.2) is 30.4 Å². The predicted molar refractivity (Wildman–Crippen MR) is 70.5 cm³/mol. The molecule has 0 atom stereocenters. The van der Waals surface area contributed by atoms with Gasteiger partial charge in [0, 0.05) is 20.1 Å². The first-order valence-corrected chi connectivity index (χ1v) is 6.66. The Morgan fingerprint density at radius 3 is 2.88 bits per heavy atom. The standard InChI is InChI=1S/C11H18N4OS/c1-3-15(6-7-4-5-7)11-8(10(16)13-2)9(12)14-17-11/h7H,3-6H2,1-2H3,(H2,12,14)(H,13,16). The number of nitrogens with zero attached hydrogens (tertiary/aromatic N) is 2. The first-order valence-electron chi connectivity index (χ1n) is 5.89. The number of anilines is 2. The fraction of sp³-hybridized carbons (Fsp3) is 0.636. The van der Waals surface area contributed by atoms with Crippen LogP contribution in [0.3, 0.4) is 0 Å². The third kappa shape index (κ3) is 2.52. The van der Waals surface area contributed by atoms with Crippen molar-refractivity contribution >= 4 is 28.3 Å². The van der Waals surface area contributed by atoms with Gasteiger partial charge in [0.05, 0.1) is 0 Å². The first kappa shape index (κ1) is 12.2. The molecule has 1 aromatic heterocycles. The molecule has 1 aromatic rings. The highest BCUT2D eigenvalue weighted by Crippen LogP contribution is 2.35. The average molecular weight is 254 g/mol. The number of nitrogens with two attached hydrogens (primary N) is 1. The van der Waals surface area contributed by atoms with Gasteiger partial charge in [0.25, 0.3) is 5.91 Å². The number of aromatic nitrogens is 1. The third-order valence-corrected chi connectivity index (χ3v) is 3.92. The van der Waals surface area contributed by atoms with Crippen molar-refractivity contribution in [3.63, 3.8) is 0 Å². The molecule has 0 bridgehead atoms. The molecular weight excluding hydrogens is 236 g/mol. The monoisotopic (exact) mass is 254 g/mol. The summed E-state index contributed by atoms with van der Waals surface area (Å²) in [5.74, 6) is 0.954. The van der Waals surface area contributed by atoms with E-state index in [4.69, 9.17) is 5.73 Å². The normalized spacial score (nSPS) is 14.7. The maximum absolute atomic E-state index is 11.8. The van der Waals surface area contributed by atoms with Crippen LogP contribution in [0.4, 0.5) is 10.8 Å². The Morgan fingerprint density at radius 1 is 1.65 bits per heavy atom. The molecule has 0 aromatic carbocycles. The first-order chi connectivity index (χ1) is 8.17. The predicted octanol–water partition coefficient (Wildman–Crippen LogP) is 1.32. The number of carbonyl (C=O) groups excluding carboxylic acids is 1. The number of nitrogens with one attached hydrogen (secondary N) is 1. The molecule has 1 saturated carbocycles. The molecule has 0 radical (unpaired) electrons. The van der Waals surface area contributed by atoms with E-state index in [1.165, 1.54) is 24.4 Å². The summed E-state index contributed by atoms with van der Waals surface area (Å²) in [4.78, 5) is 14.0. The van der Waals surface area contributed by atoms with E-state index >= 15 is 0 Å². The zero-order chi connectivity index (χ0) is 12.4. The SMILES string of the molecule is CCN(CC1CC1)c1snc(N)c1C(=O)NC. The van der Waals surface area contributed by atoms with Crippen molar-refractivity contribution in [1.29, 1.82) is 0 Å². The molecule has 0 saturated heterocycles. The van der Waals surface area contributed by atoms with E-state index in [9.17, 15) is 4.79 Å². The van der Waals surface area contributed by atoms with Crippen LogP contribution >= 0.6 is 11.5 Å². The minimum atomic E-state index is -0.152. The van der Waals surface area contributed by atoms with E-state index in [0.717, 1.165) is 24.0 Å². The highest BCUT2D eigenvalue weighted by atomic mass is 32.1. The molecule has 6 heteroatoms. The lowest BCUT2D eigenvalue weighted by Gasteiger charge is -2.21. The van der Waals surface area contributed by atoms with Crippen molar-refractivity contribution in [3.05, 3.63) is 5.56 Å². The van der Waals surface area contributed by atoms with Gasteiger partial charge >= 0.3 is 0 Å².